The largest absolute Gasteiger partial charge is 0.481 e. The minimum absolute atomic E-state index is 0.132. The average Bonchev–Trinajstić information content (AvgIpc) is 2.37. The number of allylic oxidation sites excluding steroid dienone is 5. The van der Waals surface area contributed by atoms with Crippen LogP contribution in [0.25, 0.3) is 0 Å². The van der Waals surface area contributed by atoms with Crippen molar-refractivity contribution in [1.29, 1.82) is 0 Å². The van der Waals surface area contributed by atoms with Gasteiger partial charge in [-0.1, -0.05) is 34.9 Å². The summed E-state index contributed by atoms with van der Waals surface area (Å²) in [6, 6.07) is 0. The fourth-order valence-corrected chi connectivity index (χ4v) is 2.13. The zero-order valence-electron chi connectivity index (χ0n) is 14.4. The number of carbonyl (C=O) groups is 2. The lowest BCUT2D eigenvalue weighted by Gasteiger charge is -2.02. The molecule has 0 unspecified atom stereocenters. The van der Waals surface area contributed by atoms with Crippen LogP contribution >= 0.6 is 0 Å². The summed E-state index contributed by atoms with van der Waals surface area (Å²) in [6.45, 7) is 7.72. The quantitative estimate of drug-likeness (QED) is 0.532. The van der Waals surface area contributed by atoms with Gasteiger partial charge in [-0.25, -0.2) is 0 Å². The van der Waals surface area contributed by atoms with Crippen molar-refractivity contribution in [2.75, 3.05) is 0 Å². The monoisotopic (exact) mass is 306 g/mol. The molecule has 0 bridgehead atoms. The summed E-state index contributed by atoms with van der Waals surface area (Å²) in [7, 11) is 0. The van der Waals surface area contributed by atoms with E-state index in [1.165, 1.54) is 11.1 Å². The Kier molecular flexibility index (Phi) is 11.1. The maximum atomic E-state index is 10.9. The first kappa shape index (κ1) is 20.4. The third kappa shape index (κ3) is 13.3. The fourth-order valence-electron chi connectivity index (χ4n) is 2.13. The van der Waals surface area contributed by atoms with Crippen molar-refractivity contribution >= 4 is 11.8 Å². The van der Waals surface area contributed by atoms with Crippen molar-refractivity contribution < 1.29 is 14.7 Å². The van der Waals surface area contributed by atoms with E-state index in [-0.39, 0.29) is 12.2 Å². The van der Waals surface area contributed by atoms with Crippen LogP contribution in [0.5, 0.6) is 0 Å². The van der Waals surface area contributed by atoms with Gasteiger partial charge in [-0.3, -0.25) is 4.79 Å². The van der Waals surface area contributed by atoms with Crippen LogP contribution in [-0.2, 0) is 9.59 Å². The van der Waals surface area contributed by atoms with E-state index in [1.807, 2.05) is 13.0 Å². The highest BCUT2D eigenvalue weighted by atomic mass is 16.4. The van der Waals surface area contributed by atoms with Gasteiger partial charge in [-0.15, -0.1) is 0 Å². The maximum absolute atomic E-state index is 10.9. The smallest absolute Gasteiger partial charge is 0.307 e. The molecular weight excluding hydrogens is 276 g/mol. The van der Waals surface area contributed by atoms with E-state index in [2.05, 4.69) is 26.0 Å². The van der Waals surface area contributed by atoms with Crippen molar-refractivity contribution in [2.45, 2.75) is 72.6 Å². The van der Waals surface area contributed by atoms with Gasteiger partial charge >= 0.3 is 5.97 Å². The Morgan fingerprint density at radius 1 is 0.727 bits per heavy atom. The number of rotatable bonds is 11. The van der Waals surface area contributed by atoms with E-state index in [0.717, 1.165) is 37.7 Å². The van der Waals surface area contributed by atoms with Crippen LogP contribution in [0.4, 0.5) is 0 Å². The molecule has 0 aromatic heterocycles. The van der Waals surface area contributed by atoms with Gasteiger partial charge in [-0.05, 0) is 59.8 Å². The van der Waals surface area contributed by atoms with Crippen LogP contribution in [0, 0.1) is 0 Å². The number of hydrogen-bond donors (Lipinski definition) is 1. The van der Waals surface area contributed by atoms with Gasteiger partial charge in [-0.2, -0.15) is 0 Å². The van der Waals surface area contributed by atoms with Gasteiger partial charge in [0, 0.05) is 6.42 Å². The molecule has 0 spiro atoms. The summed E-state index contributed by atoms with van der Waals surface area (Å²) in [5.41, 5.74) is 3.60. The minimum Gasteiger partial charge on any atom is -0.481 e. The van der Waals surface area contributed by atoms with E-state index >= 15 is 0 Å². The number of ketones is 1. The maximum Gasteiger partial charge on any atom is 0.307 e. The lowest BCUT2D eigenvalue weighted by Crippen LogP contribution is -1.94. The molecule has 0 fully saturated rings. The van der Waals surface area contributed by atoms with E-state index in [4.69, 9.17) is 5.11 Å². The Bertz CT molecular complexity index is 453. The number of hydrogen-bond acceptors (Lipinski definition) is 2. The second kappa shape index (κ2) is 12.0. The molecule has 1 N–H and O–H groups in total. The van der Waals surface area contributed by atoms with Gasteiger partial charge in [0.15, 0.2) is 0 Å². The molecule has 0 saturated carbocycles. The molecule has 0 aliphatic rings. The Morgan fingerprint density at radius 3 is 1.55 bits per heavy atom. The molecule has 0 amide bonds. The normalized spacial score (nSPS) is 13.4. The van der Waals surface area contributed by atoms with Gasteiger partial charge in [0.1, 0.15) is 5.78 Å². The van der Waals surface area contributed by atoms with E-state index in [9.17, 15) is 9.59 Å². The molecule has 0 radical (unpaired) electrons. The van der Waals surface area contributed by atoms with Crippen molar-refractivity contribution in [1.82, 2.24) is 0 Å². The molecule has 0 saturated heterocycles. The number of carboxylic acid groups (broad SMARTS) is 1. The van der Waals surface area contributed by atoms with Crippen LogP contribution in [0.15, 0.2) is 34.9 Å². The molecule has 124 valence electrons. The average molecular weight is 306 g/mol. The first-order valence-corrected chi connectivity index (χ1v) is 7.99. The summed E-state index contributed by atoms with van der Waals surface area (Å²) in [6.07, 6.45) is 12.0. The predicted octanol–water partition coefficient (Wildman–Crippen LogP) is 5.23. The summed E-state index contributed by atoms with van der Waals surface area (Å²) >= 11 is 0. The first-order chi connectivity index (χ1) is 10.3. The third-order valence-electron chi connectivity index (χ3n) is 3.48. The predicted molar refractivity (Wildman–Crippen MR) is 91.9 cm³/mol. The van der Waals surface area contributed by atoms with Crippen LogP contribution in [0.3, 0.4) is 0 Å². The molecule has 0 atom stereocenters. The van der Waals surface area contributed by atoms with Crippen molar-refractivity contribution in [3.63, 3.8) is 0 Å². The molecule has 0 aromatic carbocycles. The Morgan fingerprint density at radius 2 is 1.14 bits per heavy atom. The van der Waals surface area contributed by atoms with E-state index < -0.39 is 5.97 Å². The molecule has 3 heteroatoms. The highest BCUT2D eigenvalue weighted by Crippen LogP contribution is 2.12. The summed E-state index contributed by atoms with van der Waals surface area (Å²) in [4.78, 5) is 21.4. The molecule has 0 aliphatic carbocycles. The standard InChI is InChI=1S/C19H30O3/c1-15(10-6-12-17(3)14-19(21)22)8-5-9-16(2)11-7-13-18(4)20/h8,11-12H,5-7,9-10,13-14H2,1-4H3,(H,21,22). The number of carboxylic acids is 1. The SMILES string of the molecule is CC(=O)CCC=C(C)CCC=C(C)CCC=C(C)CC(=O)O. The molecule has 22 heavy (non-hydrogen) atoms. The Hall–Kier alpha value is -1.64. The number of Topliss-reactive ketones (excluding diaryl/α,β-unsaturated/α-hetero) is 1. The second-order valence-corrected chi connectivity index (χ2v) is 6.04. The lowest BCUT2D eigenvalue weighted by molar-refractivity contribution is -0.136. The fraction of sp³-hybridized carbons (Fsp3) is 0.579. The van der Waals surface area contributed by atoms with Crippen LogP contribution in [-0.4, -0.2) is 16.9 Å². The molecular formula is C19H30O3. The topological polar surface area (TPSA) is 54.4 Å². The lowest BCUT2D eigenvalue weighted by atomic mass is 10.0. The van der Waals surface area contributed by atoms with Gasteiger partial charge in [0.25, 0.3) is 0 Å². The Balaban J connectivity index is 3.98. The summed E-state index contributed by atoms with van der Waals surface area (Å²) in [5, 5.41) is 8.68. The van der Waals surface area contributed by atoms with Crippen LogP contribution < -0.4 is 0 Å². The van der Waals surface area contributed by atoms with Crippen molar-refractivity contribution in [3.8, 4) is 0 Å². The van der Waals surface area contributed by atoms with Crippen molar-refractivity contribution in [2.24, 2.45) is 0 Å². The number of aliphatic carboxylic acids is 1. The first-order valence-electron chi connectivity index (χ1n) is 7.99. The molecule has 0 aromatic rings. The minimum atomic E-state index is -0.770. The van der Waals surface area contributed by atoms with Gasteiger partial charge in [0.05, 0.1) is 6.42 Å². The zero-order chi connectivity index (χ0) is 17.0. The van der Waals surface area contributed by atoms with E-state index in [0.29, 0.717) is 6.42 Å². The van der Waals surface area contributed by atoms with Crippen LogP contribution in [0.2, 0.25) is 0 Å². The van der Waals surface area contributed by atoms with E-state index in [1.54, 1.807) is 6.92 Å². The Labute approximate surface area is 134 Å². The molecule has 0 heterocycles. The molecule has 0 aliphatic heterocycles. The van der Waals surface area contributed by atoms with Gasteiger partial charge < -0.3 is 9.90 Å². The highest BCUT2D eigenvalue weighted by molar-refractivity contribution is 5.75. The molecule has 3 nitrogen and oxygen atoms in total. The van der Waals surface area contributed by atoms with Gasteiger partial charge in [0.2, 0.25) is 0 Å². The van der Waals surface area contributed by atoms with Crippen LogP contribution in [0.1, 0.15) is 72.6 Å². The van der Waals surface area contributed by atoms with Crippen molar-refractivity contribution in [3.05, 3.63) is 34.9 Å². The zero-order valence-corrected chi connectivity index (χ0v) is 14.4. The third-order valence-corrected chi connectivity index (χ3v) is 3.48. The number of carbonyl (C=O) groups excluding carboxylic acids is 1. The summed E-state index contributed by atoms with van der Waals surface area (Å²) < 4.78 is 0. The highest BCUT2D eigenvalue weighted by Gasteiger charge is 1.98. The summed E-state index contributed by atoms with van der Waals surface area (Å²) in [5.74, 6) is -0.529. The molecule has 0 rings (SSSR count). The second-order valence-electron chi connectivity index (χ2n) is 6.04.